The second-order valence-electron chi connectivity index (χ2n) is 6.12. The number of sulfone groups is 1. The van der Waals surface area contributed by atoms with Crippen molar-refractivity contribution in [3.8, 4) is 0 Å². The Hall–Kier alpha value is -1.76. The minimum absolute atomic E-state index is 0.0464. The molecule has 1 aliphatic carbocycles. The van der Waals surface area contributed by atoms with Gasteiger partial charge in [0.25, 0.3) is 0 Å². The molecular formula is C17H19FN2O2S. The fraction of sp³-hybridized carbons (Fsp3) is 0.294. The summed E-state index contributed by atoms with van der Waals surface area (Å²) < 4.78 is 38.9. The van der Waals surface area contributed by atoms with Crippen LogP contribution in [-0.4, -0.2) is 25.8 Å². The first-order chi connectivity index (χ1) is 10.8. The Balaban J connectivity index is 2.01. The summed E-state index contributed by atoms with van der Waals surface area (Å²) in [6.07, 6.45) is 0. The highest BCUT2D eigenvalue weighted by molar-refractivity contribution is 7.92. The van der Waals surface area contributed by atoms with Crippen LogP contribution in [0.3, 0.4) is 0 Å². The molecule has 0 heterocycles. The van der Waals surface area contributed by atoms with E-state index in [0.29, 0.717) is 5.56 Å². The Kier molecular flexibility index (Phi) is 3.78. The molecule has 3 rings (SSSR count). The van der Waals surface area contributed by atoms with Crippen LogP contribution in [0.2, 0.25) is 0 Å². The first-order valence-electron chi connectivity index (χ1n) is 7.35. The predicted octanol–water partition coefficient (Wildman–Crippen LogP) is 1.73. The van der Waals surface area contributed by atoms with Gasteiger partial charge in [0.05, 0.1) is 15.7 Å². The lowest BCUT2D eigenvalue weighted by atomic mass is 10.1. The molecule has 0 aromatic heterocycles. The first-order valence-corrected chi connectivity index (χ1v) is 8.90. The van der Waals surface area contributed by atoms with Crippen LogP contribution in [0.25, 0.3) is 0 Å². The number of halogens is 1. The van der Waals surface area contributed by atoms with E-state index in [1.807, 2.05) is 6.92 Å². The largest absolute Gasteiger partial charge is 0.329 e. The molecule has 0 amide bonds. The molecule has 0 saturated heterocycles. The van der Waals surface area contributed by atoms with Gasteiger partial charge in [-0.15, -0.1) is 0 Å². The third kappa shape index (κ3) is 2.56. The van der Waals surface area contributed by atoms with E-state index in [9.17, 15) is 12.8 Å². The van der Waals surface area contributed by atoms with Crippen molar-refractivity contribution in [2.24, 2.45) is 11.5 Å². The standard InChI is InChI=1S/C17H19FN2O2S/c1-11-2-8-14(9-3-11)23(21,22)16-15(17(16,20)10-19)12-4-6-13(18)7-5-12/h2-9,15-16H,10,19-20H2,1H3. The first kappa shape index (κ1) is 16.1. The lowest BCUT2D eigenvalue weighted by Gasteiger charge is -2.09. The van der Waals surface area contributed by atoms with E-state index in [-0.39, 0.29) is 17.3 Å². The zero-order chi connectivity index (χ0) is 16.8. The maximum atomic E-state index is 13.1. The maximum absolute atomic E-state index is 13.1. The topological polar surface area (TPSA) is 86.2 Å². The molecule has 0 aliphatic heterocycles. The van der Waals surface area contributed by atoms with Crippen LogP contribution < -0.4 is 11.5 Å². The van der Waals surface area contributed by atoms with Gasteiger partial charge < -0.3 is 11.5 Å². The molecule has 1 fully saturated rings. The van der Waals surface area contributed by atoms with Gasteiger partial charge in [0.15, 0.2) is 9.84 Å². The van der Waals surface area contributed by atoms with Crippen molar-refractivity contribution in [1.82, 2.24) is 0 Å². The highest BCUT2D eigenvalue weighted by atomic mass is 32.2. The van der Waals surface area contributed by atoms with Gasteiger partial charge in [-0.3, -0.25) is 0 Å². The molecule has 2 aromatic rings. The summed E-state index contributed by atoms with van der Waals surface area (Å²) in [6.45, 7) is 1.94. The summed E-state index contributed by atoms with van der Waals surface area (Å²) in [7, 11) is -3.61. The number of hydrogen-bond donors (Lipinski definition) is 2. The van der Waals surface area contributed by atoms with Crippen LogP contribution in [0.4, 0.5) is 4.39 Å². The van der Waals surface area contributed by atoms with Crippen LogP contribution in [0, 0.1) is 12.7 Å². The van der Waals surface area contributed by atoms with E-state index in [1.54, 1.807) is 36.4 Å². The summed E-state index contributed by atoms with van der Waals surface area (Å²) in [5.74, 6) is -0.804. The van der Waals surface area contributed by atoms with Gasteiger partial charge in [-0.2, -0.15) is 0 Å². The van der Waals surface area contributed by atoms with Gasteiger partial charge in [-0.1, -0.05) is 29.8 Å². The molecule has 2 aromatic carbocycles. The molecular weight excluding hydrogens is 315 g/mol. The molecule has 0 spiro atoms. The SMILES string of the molecule is Cc1ccc(S(=O)(=O)C2C(c3ccc(F)cc3)C2(N)CN)cc1. The molecule has 0 bridgehead atoms. The van der Waals surface area contributed by atoms with Crippen molar-refractivity contribution >= 4 is 9.84 Å². The monoisotopic (exact) mass is 334 g/mol. The van der Waals surface area contributed by atoms with Crippen LogP contribution in [0.15, 0.2) is 53.4 Å². The third-order valence-electron chi connectivity index (χ3n) is 4.57. The fourth-order valence-electron chi connectivity index (χ4n) is 3.16. The van der Waals surface area contributed by atoms with E-state index < -0.39 is 26.5 Å². The summed E-state index contributed by atoms with van der Waals surface area (Å²) in [4.78, 5) is 0.237. The smallest absolute Gasteiger partial charge is 0.183 e. The van der Waals surface area contributed by atoms with Crippen molar-refractivity contribution in [3.63, 3.8) is 0 Å². The van der Waals surface area contributed by atoms with Gasteiger partial charge in [-0.25, -0.2) is 12.8 Å². The number of benzene rings is 2. The quantitative estimate of drug-likeness (QED) is 0.891. The number of nitrogens with two attached hydrogens (primary N) is 2. The van der Waals surface area contributed by atoms with Gasteiger partial charge in [-0.05, 0) is 36.8 Å². The molecule has 3 unspecified atom stereocenters. The number of rotatable bonds is 4. The Morgan fingerprint density at radius 2 is 1.65 bits per heavy atom. The van der Waals surface area contributed by atoms with E-state index >= 15 is 0 Å². The average molecular weight is 334 g/mol. The molecule has 0 radical (unpaired) electrons. The van der Waals surface area contributed by atoms with Gasteiger partial charge in [0, 0.05) is 12.5 Å². The van der Waals surface area contributed by atoms with Crippen LogP contribution in [0.5, 0.6) is 0 Å². The Bertz CT molecular complexity index is 819. The number of hydrogen-bond acceptors (Lipinski definition) is 4. The van der Waals surface area contributed by atoms with Gasteiger partial charge in [0.1, 0.15) is 5.82 Å². The van der Waals surface area contributed by atoms with E-state index in [2.05, 4.69) is 0 Å². The summed E-state index contributed by atoms with van der Waals surface area (Å²) >= 11 is 0. The predicted molar refractivity (Wildman–Crippen MR) is 87.3 cm³/mol. The average Bonchev–Trinajstić information content (AvgIpc) is 3.16. The highest BCUT2D eigenvalue weighted by Crippen LogP contribution is 2.55. The summed E-state index contributed by atoms with van der Waals surface area (Å²) in [5.41, 5.74) is 12.7. The zero-order valence-corrected chi connectivity index (χ0v) is 13.6. The minimum atomic E-state index is -3.61. The third-order valence-corrected chi connectivity index (χ3v) is 6.88. The normalized spacial score (nSPS) is 27.0. The van der Waals surface area contributed by atoms with Crippen molar-refractivity contribution in [2.75, 3.05) is 6.54 Å². The Labute approximate surface area is 135 Å². The lowest BCUT2D eigenvalue weighted by Crippen LogP contribution is -2.39. The fourth-order valence-corrected chi connectivity index (χ4v) is 5.48. The minimum Gasteiger partial charge on any atom is -0.329 e. The molecule has 4 N–H and O–H groups in total. The van der Waals surface area contributed by atoms with Crippen LogP contribution in [-0.2, 0) is 9.84 Å². The molecule has 4 nitrogen and oxygen atoms in total. The zero-order valence-electron chi connectivity index (χ0n) is 12.7. The summed E-state index contributed by atoms with van der Waals surface area (Å²) in [5, 5.41) is -0.798. The van der Waals surface area contributed by atoms with Gasteiger partial charge in [0.2, 0.25) is 0 Å². The van der Waals surface area contributed by atoms with Crippen molar-refractivity contribution < 1.29 is 12.8 Å². The van der Waals surface area contributed by atoms with E-state index in [4.69, 9.17) is 11.5 Å². The Morgan fingerprint density at radius 1 is 1.09 bits per heavy atom. The summed E-state index contributed by atoms with van der Waals surface area (Å²) in [6, 6.07) is 12.4. The molecule has 1 aliphatic rings. The molecule has 122 valence electrons. The van der Waals surface area contributed by atoms with E-state index in [0.717, 1.165) is 5.56 Å². The maximum Gasteiger partial charge on any atom is 0.183 e. The second-order valence-corrected chi connectivity index (χ2v) is 8.19. The van der Waals surface area contributed by atoms with E-state index in [1.165, 1.54) is 12.1 Å². The van der Waals surface area contributed by atoms with Crippen LogP contribution in [0.1, 0.15) is 17.0 Å². The Morgan fingerprint density at radius 3 is 2.17 bits per heavy atom. The number of aryl methyl sites for hydroxylation is 1. The molecule has 6 heteroatoms. The van der Waals surface area contributed by atoms with Crippen molar-refractivity contribution in [3.05, 3.63) is 65.5 Å². The van der Waals surface area contributed by atoms with Crippen molar-refractivity contribution in [2.45, 2.75) is 28.5 Å². The van der Waals surface area contributed by atoms with Crippen LogP contribution >= 0.6 is 0 Å². The highest BCUT2D eigenvalue weighted by Gasteiger charge is 2.68. The van der Waals surface area contributed by atoms with Crippen molar-refractivity contribution in [1.29, 1.82) is 0 Å². The molecule has 23 heavy (non-hydrogen) atoms. The molecule has 3 atom stereocenters. The second kappa shape index (κ2) is 5.40. The van der Waals surface area contributed by atoms with Gasteiger partial charge >= 0.3 is 0 Å². The lowest BCUT2D eigenvalue weighted by molar-refractivity contribution is 0.585. The molecule has 1 saturated carbocycles.